The van der Waals surface area contributed by atoms with Crippen molar-refractivity contribution in [2.75, 3.05) is 26.2 Å². The molecule has 3 rings (SSSR count). The number of nitrogens with zero attached hydrogens (tertiary/aromatic N) is 2. The van der Waals surface area contributed by atoms with E-state index in [1.807, 2.05) is 40.1 Å². The lowest BCUT2D eigenvalue weighted by atomic mass is 10.2. The Bertz CT molecular complexity index is 582. The van der Waals surface area contributed by atoms with Crippen molar-refractivity contribution in [1.82, 2.24) is 9.80 Å². The summed E-state index contributed by atoms with van der Waals surface area (Å²) in [4.78, 5) is 28.5. The lowest BCUT2D eigenvalue weighted by Crippen LogP contribution is -2.53. The molecule has 1 heterocycles. The van der Waals surface area contributed by atoms with E-state index < -0.39 is 6.10 Å². The van der Waals surface area contributed by atoms with Gasteiger partial charge < -0.3 is 14.5 Å². The van der Waals surface area contributed by atoms with Gasteiger partial charge in [-0.1, -0.05) is 37.3 Å². The Morgan fingerprint density at radius 2 is 1.71 bits per heavy atom. The molecule has 1 aromatic carbocycles. The number of benzene rings is 1. The van der Waals surface area contributed by atoms with Crippen LogP contribution in [0.1, 0.15) is 25.8 Å². The number of piperazine rings is 1. The van der Waals surface area contributed by atoms with Crippen LogP contribution in [0.3, 0.4) is 0 Å². The maximum absolute atomic E-state index is 12.5. The van der Waals surface area contributed by atoms with Gasteiger partial charge in [0.2, 0.25) is 5.91 Å². The van der Waals surface area contributed by atoms with E-state index in [4.69, 9.17) is 4.74 Å². The van der Waals surface area contributed by atoms with Crippen molar-refractivity contribution in [2.24, 2.45) is 11.8 Å². The minimum atomic E-state index is -0.462. The van der Waals surface area contributed by atoms with Crippen molar-refractivity contribution in [1.29, 1.82) is 0 Å². The summed E-state index contributed by atoms with van der Waals surface area (Å²) in [5.41, 5.74) is 1.06. The normalized spacial score (nSPS) is 24.6. The maximum atomic E-state index is 12.5. The molecule has 130 valence electrons. The van der Waals surface area contributed by atoms with E-state index in [1.165, 1.54) is 0 Å². The largest absolute Gasteiger partial charge is 0.364 e. The zero-order valence-corrected chi connectivity index (χ0v) is 14.5. The summed E-state index contributed by atoms with van der Waals surface area (Å²) in [7, 11) is 0. The molecular weight excluding hydrogens is 304 g/mol. The molecule has 1 aliphatic heterocycles. The summed E-state index contributed by atoms with van der Waals surface area (Å²) < 4.78 is 5.71. The van der Waals surface area contributed by atoms with Crippen LogP contribution in [0.25, 0.3) is 0 Å². The molecule has 1 saturated carbocycles. The number of carbonyl (C=O) groups is 2. The van der Waals surface area contributed by atoms with Gasteiger partial charge in [0.15, 0.2) is 0 Å². The second kappa shape index (κ2) is 7.34. The third-order valence-electron chi connectivity index (χ3n) is 5.02. The van der Waals surface area contributed by atoms with Gasteiger partial charge in [-0.25, -0.2) is 0 Å². The Labute approximate surface area is 143 Å². The van der Waals surface area contributed by atoms with E-state index in [2.05, 4.69) is 6.92 Å². The SMILES string of the molecule is C[C@@H](OCc1ccccc1)C(=O)N1CCN(C(=O)[C@@H]2C[C@@H]2C)CC1. The fraction of sp³-hybridized carbons (Fsp3) is 0.579. The van der Waals surface area contributed by atoms with Crippen molar-refractivity contribution >= 4 is 11.8 Å². The van der Waals surface area contributed by atoms with Gasteiger partial charge in [-0.2, -0.15) is 0 Å². The predicted molar refractivity (Wildman–Crippen MR) is 91.1 cm³/mol. The molecule has 24 heavy (non-hydrogen) atoms. The number of rotatable bonds is 5. The topological polar surface area (TPSA) is 49.9 Å². The van der Waals surface area contributed by atoms with Gasteiger partial charge in [0.05, 0.1) is 6.61 Å². The standard InChI is InChI=1S/C19H26N2O3/c1-14-12-17(14)19(23)21-10-8-20(9-11-21)18(22)15(2)24-13-16-6-4-3-5-7-16/h3-7,14-15,17H,8-13H2,1-2H3/t14-,15+,17+/m0/s1. The molecule has 0 unspecified atom stereocenters. The zero-order chi connectivity index (χ0) is 17.1. The van der Waals surface area contributed by atoms with Gasteiger partial charge in [-0.3, -0.25) is 9.59 Å². The van der Waals surface area contributed by atoms with E-state index >= 15 is 0 Å². The predicted octanol–water partition coefficient (Wildman–Crippen LogP) is 1.92. The van der Waals surface area contributed by atoms with Gasteiger partial charge in [-0.05, 0) is 24.8 Å². The molecule has 1 aliphatic carbocycles. The summed E-state index contributed by atoms with van der Waals surface area (Å²) in [6.07, 6.45) is 0.554. The smallest absolute Gasteiger partial charge is 0.251 e. The maximum Gasteiger partial charge on any atom is 0.251 e. The van der Waals surface area contributed by atoms with Crippen molar-refractivity contribution in [3.8, 4) is 0 Å². The molecule has 5 heteroatoms. The molecule has 2 amide bonds. The van der Waals surface area contributed by atoms with Gasteiger partial charge in [-0.15, -0.1) is 0 Å². The van der Waals surface area contributed by atoms with Gasteiger partial charge >= 0.3 is 0 Å². The lowest BCUT2D eigenvalue weighted by molar-refractivity contribution is -0.148. The van der Waals surface area contributed by atoms with E-state index in [-0.39, 0.29) is 17.7 Å². The van der Waals surface area contributed by atoms with Crippen LogP contribution in [-0.2, 0) is 20.9 Å². The fourth-order valence-corrected chi connectivity index (χ4v) is 3.17. The Hall–Kier alpha value is -1.88. The first kappa shape index (κ1) is 17.0. The van der Waals surface area contributed by atoms with Crippen molar-refractivity contribution in [3.63, 3.8) is 0 Å². The highest BCUT2D eigenvalue weighted by Gasteiger charge is 2.42. The van der Waals surface area contributed by atoms with Crippen molar-refractivity contribution in [2.45, 2.75) is 33.0 Å². The molecule has 0 N–H and O–H groups in total. The van der Waals surface area contributed by atoms with Crippen LogP contribution >= 0.6 is 0 Å². The molecule has 0 spiro atoms. The first-order valence-corrected chi connectivity index (χ1v) is 8.79. The summed E-state index contributed by atoms with van der Waals surface area (Å²) in [5, 5.41) is 0. The van der Waals surface area contributed by atoms with Crippen LogP contribution in [0, 0.1) is 11.8 Å². The lowest BCUT2D eigenvalue weighted by Gasteiger charge is -2.36. The first-order valence-electron chi connectivity index (χ1n) is 8.79. The third-order valence-corrected chi connectivity index (χ3v) is 5.02. The molecule has 1 saturated heterocycles. The molecule has 5 nitrogen and oxygen atoms in total. The molecule has 0 aromatic heterocycles. The minimum Gasteiger partial charge on any atom is -0.364 e. The van der Waals surface area contributed by atoms with Crippen LogP contribution in [0.2, 0.25) is 0 Å². The average Bonchev–Trinajstić information content (AvgIpc) is 3.36. The number of ether oxygens (including phenoxy) is 1. The molecule has 1 aromatic rings. The van der Waals surface area contributed by atoms with E-state index in [0.29, 0.717) is 38.7 Å². The van der Waals surface area contributed by atoms with Gasteiger partial charge in [0.1, 0.15) is 6.10 Å². The van der Waals surface area contributed by atoms with Crippen molar-refractivity contribution in [3.05, 3.63) is 35.9 Å². The number of carbonyl (C=O) groups excluding carboxylic acids is 2. The average molecular weight is 330 g/mol. The summed E-state index contributed by atoms with van der Waals surface area (Å²) in [6.45, 7) is 6.84. The summed E-state index contributed by atoms with van der Waals surface area (Å²) in [5.74, 6) is 1.03. The molecule has 0 bridgehead atoms. The minimum absolute atomic E-state index is 0.0119. The quantitative estimate of drug-likeness (QED) is 0.829. The van der Waals surface area contributed by atoms with Crippen molar-refractivity contribution < 1.29 is 14.3 Å². The van der Waals surface area contributed by atoms with Gasteiger partial charge in [0, 0.05) is 32.1 Å². The van der Waals surface area contributed by atoms with Crippen LogP contribution in [0.5, 0.6) is 0 Å². The molecule has 0 radical (unpaired) electrons. The fourth-order valence-electron chi connectivity index (χ4n) is 3.17. The highest BCUT2D eigenvalue weighted by molar-refractivity contribution is 5.83. The van der Waals surface area contributed by atoms with Crippen LogP contribution < -0.4 is 0 Å². The molecule has 2 fully saturated rings. The Morgan fingerprint density at radius 3 is 2.29 bits per heavy atom. The molecule has 2 aliphatic rings. The van der Waals surface area contributed by atoms with E-state index in [0.717, 1.165) is 12.0 Å². The van der Waals surface area contributed by atoms with Gasteiger partial charge in [0.25, 0.3) is 5.91 Å². The van der Waals surface area contributed by atoms with Crippen LogP contribution in [-0.4, -0.2) is 53.9 Å². The Kier molecular flexibility index (Phi) is 5.19. The van der Waals surface area contributed by atoms with Crippen LogP contribution in [0.4, 0.5) is 0 Å². The summed E-state index contributed by atoms with van der Waals surface area (Å²) >= 11 is 0. The first-order chi connectivity index (χ1) is 11.6. The summed E-state index contributed by atoms with van der Waals surface area (Å²) in [6, 6.07) is 9.85. The monoisotopic (exact) mass is 330 g/mol. The zero-order valence-electron chi connectivity index (χ0n) is 14.5. The number of amides is 2. The highest BCUT2D eigenvalue weighted by atomic mass is 16.5. The number of hydrogen-bond donors (Lipinski definition) is 0. The number of hydrogen-bond acceptors (Lipinski definition) is 3. The second-order valence-electron chi connectivity index (χ2n) is 6.91. The Balaban J connectivity index is 1.43. The molecular formula is C19H26N2O3. The Morgan fingerprint density at radius 1 is 1.12 bits per heavy atom. The second-order valence-corrected chi connectivity index (χ2v) is 6.91. The van der Waals surface area contributed by atoms with E-state index in [1.54, 1.807) is 6.92 Å². The molecule has 3 atom stereocenters. The van der Waals surface area contributed by atoms with E-state index in [9.17, 15) is 9.59 Å². The third kappa shape index (κ3) is 3.96. The highest BCUT2D eigenvalue weighted by Crippen LogP contribution is 2.39. The van der Waals surface area contributed by atoms with Crippen LogP contribution in [0.15, 0.2) is 30.3 Å².